The van der Waals surface area contributed by atoms with Gasteiger partial charge in [0.1, 0.15) is 0 Å². The molecule has 0 saturated heterocycles. The van der Waals surface area contributed by atoms with E-state index in [9.17, 15) is 0 Å². The highest BCUT2D eigenvalue weighted by atomic mass is 35.5. The fourth-order valence-electron chi connectivity index (χ4n) is 1.65. The van der Waals surface area contributed by atoms with Crippen molar-refractivity contribution in [3.63, 3.8) is 0 Å². The smallest absolute Gasteiger partial charge is 0.0691 e. The summed E-state index contributed by atoms with van der Waals surface area (Å²) in [5, 5.41) is 8.18. The number of hydrogen-bond acceptors (Lipinski definition) is 2. The zero-order valence-electron chi connectivity index (χ0n) is 9.37. The molecular formula is C12H14ClN3. The minimum atomic E-state index is 0.748. The van der Waals surface area contributed by atoms with Gasteiger partial charge in [-0.25, -0.2) is 4.68 Å². The average Bonchev–Trinajstić information content (AvgIpc) is 2.65. The molecule has 2 rings (SSSR count). The van der Waals surface area contributed by atoms with Gasteiger partial charge in [-0.3, -0.25) is 0 Å². The molecule has 16 heavy (non-hydrogen) atoms. The van der Waals surface area contributed by atoms with Crippen LogP contribution in [0.25, 0.3) is 5.69 Å². The van der Waals surface area contributed by atoms with Gasteiger partial charge in [-0.1, -0.05) is 11.6 Å². The SMILES string of the molecule is CNCc1cc(Cl)ccc1-n1cc(C)cn1. The Morgan fingerprint density at radius 2 is 2.25 bits per heavy atom. The molecule has 1 heterocycles. The van der Waals surface area contributed by atoms with Gasteiger partial charge in [-0.2, -0.15) is 5.10 Å². The molecule has 84 valence electrons. The van der Waals surface area contributed by atoms with Gasteiger partial charge in [0, 0.05) is 17.8 Å². The predicted octanol–water partition coefficient (Wildman–Crippen LogP) is 2.55. The van der Waals surface area contributed by atoms with E-state index in [1.165, 1.54) is 0 Å². The van der Waals surface area contributed by atoms with Crippen LogP contribution in [-0.4, -0.2) is 16.8 Å². The van der Waals surface area contributed by atoms with Crippen molar-refractivity contribution in [2.45, 2.75) is 13.5 Å². The van der Waals surface area contributed by atoms with Gasteiger partial charge in [0.05, 0.1) is 11.9 Å². The van der Waals surface area contributed by atoms with E-state index < -0.39 is 0 Å². The zero-order chi connectivity index (χ0) is 11.5. The molecule has 1 aromatic carbocycles. The summed E-state index contributed by atoms with van der Waals surface area (Å²) in [5.41, 5.74) is 3.34. The zero-order valence-corrected chi connectivity index (χ0v) is 10.1. The van der Waals surface area contributed by atoms with Crippen molar-refractivity contribution >= 4 is 11.6 Å². The van der Waals surface area contributed by atoms with Crippen LogP contribution in [0.15, 0.2) is 30.6 Å². The number of rotatable bonds is 3. The van der Waals surface area contributed by atoms with Crippen molar-refractivity contribution in [1.29, 1.82) is 0 Å². The van der Waals surface area contributed by atoms with Crippen molar-refractivity contribution in [3.8, 4) is 5.69 Å². The Hall–Kier alpha value is -1.32. The first-order valence-corrected chi connectivity index (χ1v) is 5.53. The first-order valence-electron chi connectivity index (χ1n) is 5.15. The molecule has 0 saturated carbocycles. The van der Waals surface area contributed by atoms with E-state index >= 15 is 0 Å². The fraction of sp³-hybridized carbons (Fsp3) is 0.250. The van der Waals surface area contributed by atoms with Gasteiger partial charge >= 0.3 is 0 Å². The lowest BCUT2D eigenvalue weighted by molar-refractivity contribution is 0.789. The lowest BCUT2D eigenvalue weighted by atomic mass is 10.2. The number of nitrogens with zero attached hydrogens (tertiary/aromatic N) is 2. The number of aromatic nitrogens is 2. The maximum Gasteiger partial charge on any atom is 0.0691 e. The normalized spacial score (nSPS) is 10.7. The number of halogens is 1. The molecule has 4 heteroatoms. The van der Waals surface area contributed by atoms with Gasteiger partial charge in [0.25, 0.3) is 0 Å². The lowest BCUT2D eigenvalue weighted by Crippen LogP contribution is -2.09. The second-order valence-corrected chi connectivity index (χ2v) is 4.20. The number of hydrogen-bond donors (Lipinski definition) is 1. The van der Waals surface area contributed by atoms with Gasteiger partial charge < -0.3 is 5.32 Å². The second-order valence-electron chi connectivity index (χ2n) is 3.77. The summed E-state index contributed by atoms with van der Waals surface area (Å²) in [4.78, 5) is 0. The Morgan fingerprint density at radius 3 is 2.88 bits per heavy atom. The summed E-state index contributed by atoms with van der Waals surface area (Å²) in [7, 11) is 1.92. The Labute approximate surface area is 100 Å². The molecule has 0 aliphatic heterocycles. The molecule has 0 aliphatic rings. The molecule has 0 aliphatic carbocycles. The molecule has 3 nitrogen and oxygen atoms in total. The average molecular weight is 236 g/mol. The first-order chi connectivity index (χ1) is 7.70. The third-order valence-corrected chi connectivity index (χ3v) is 2.60. The van der Waals surface area contributed by atoms with Crippen LogP contribution in [-0.2, 0) is 6.54 Å². The molecule has 0 amide bonds. The third-order valence-electron chi connectivity index (χ3n) is 2.37. The standard InChI is InChI=1S/C12H14ClN3/c1-9-6-15-16(8-9)12-4-3-11(13)5-10(12)7-14-2/h3-6,8,14H,7H2,1-2H3. The summed E-state index contributed by atoms with van der Waals surface area (Å²) in [5.74, 6) is 0. The van der Waals surface area contributed by atoms with Crippen LogP contribution < -0.4 is 5.32 Å². The van der Waals surface area contributed by atoms with Crippen LogP contribution in [0.5, 0.6) is 0 Å². The predicted molar refractivity (Wildman–Crippen MR) is 66.1 cm³/mol. The van der Waals surface area contributed by atoms with Gasteiger partial charge in [0.2, 0.25) is 0 Å². The molecule has 1 N–H and O–H groups in total. The van der Waals surface area contributed by atoms with Crippen LogP contribution in [0.3, 0.4) is 0 Å². The summed E-state index contributed by atoms with van der Waals surface area (Å²) >= 11 is 5.99. The highest BCUT2D eigenvalue weighted by Crippen LogP contribution is 2.19. The molecule has 0 atom stereocenters. The van der Waals surface area contributed by atoms with E-state index in [1.807, 2.05) is 49.2 Å². The topological polar surface area (TPSA) is 29.9 Å². The number of nitrogens with one attached hydrogen (secondary N) is 1. The number of aryl methyl sites for hydroxylation is 1. The Bertz CT molecular complexity index is 491. The quantitative estimate of drug-likeness (QED) is 0.886. The number of benzene rings is 1. The van der Waals surface area contributed by atoms with Crippen LogP contribution in [0.1, 0.15) is 11.1 Å². The van der Waals surface area contributed by atoms with E-state index in [-0.39, 0.29) is 0 Å². The summed E-state index contributed by atoms with van der Waals surface area (Å²) < 4.78 is 1.87. The molecule has 0 radical (unpaired) electrons. The van der Waals surface area contributed by atoms with Gasteiger partial charge in [-0.05, 0) is 43.3 Å². The van der Waals surface area contributed by atoms with E-state index in [0.717, 1.165) is 28.4 Å². The molecular weight excluding hydrogens is 222 g/mol. The van der Waals surface area contributed by atoms with Crippen molar-refractivity contribution in [2.75, 3.05) is 7.05 Å². The maximum absolute atomic E-state index is 5.99. The second kappa shape index (κ2) is 4.68. The van der Waals surface area contributed by atoms with E-state index in [2.05, 4.69) is 10.4 Å². The maximum atomic E-state index is 5.99. The summed E-state index contributed by atoms with van der Waals surface area (Å²) in [6, 6.07) is 5.83. The highest BCUT2D eigenvalue weighted by Gasteiger charge is 2.05. The van der Waals surface area contributed by atoms with E-state index in [4.69, 9.17) is 11.6 Å². The van der Waals surface area contributed by atoms with Crippen LogP contribution >= 0.6 is 11.6 Å². The van der Waals surface area contributed by atoms with E-state index in [0.29, 0.717) is 0 Å². The monoisotopic (exact) mass is 235 g/mol. The molecule has 0 fully saturated rings. The van der Waals surface area contributed by atoms with Crippen LogP contribution in [0.4, 0.5) is 0 Å². The molecule has 0 unspecified atom stereocenters. The summed E-state index contributed by atoms with van der Waals surface area (Å²) in [6.07, 6.45) is 3.85. The van der Waals surface area contributed by atoms with Gasteiger partial charge in [0.15, 0.2) is 0 Å². The van der Waals surface area contributed by atoms with Crippen LogP contribution in [0, 0.1) is 6.92 Å². The first kappa shape index (κ1) is 11.2. The van der Waals surface area contributed by atoms with Crippen LogP contribution in [0.2, 0.25) is 5.02 Å². The Balaban J connectivity index is 2.47. The third kappa shape index (κ3) is 2.26. The fourth-order valence-corrected chi connectivity index (χ4v) is 1.85. The van der Waals surface area contributed by atoms with Crippen molar-refractivity contribution in [1.82, 2.24) is 15.1 Å². The van der Waals surface area contributed by atoms with Gasteiger partial charge in [-0.15, -0.1) is 0 Å². The molecule has 0 bridgehead atoms. The van der Waals surface area contributed by atoms with Crippen molar-refractivity contribution < 1.29 is 0 Å². The molecule has 2 aromatic rings. The van der Waals surface area contributed by atoms with E-state index in [1.54, 1.807) is 0 Å². The minimum absolute atomic E-state index is 0.748. The van der Waals surface area contributed by atoms with Crippen molar-refractivity contribution in [2.24, 2.45) is 0 Å². The highest BCUT2D eigenvalue weighted by molar-refractivity contribution is 6.30. The summed E-state index contributed by atoms with van der Waals surface area (Å²) in [6.45, 7) is 2.80. The Morgan fingerprint density at radius 1 is 1.44 bits per heavy atom. The lowest BCUT2D eigenvalue weighted by Gasteiger charge is -2.09. The molecule has 0 spiro atoms. The molecule has 1 aromatic heterocycles. The minimum Gasteiger partial charge on any atom is -0.316 e. The Kier molecular flexibility index (Phi) is 3.27. The largest absolute Gasteiger partial charge is 0.316 e. The van der Waals surface area contributed by atoms with Crippen molar-refractivity contribution in [3.05, 3.63) is 46.7 Å².